The van der Waals surface area contributed by atoms with Gasteiger partial charge in [-0.05, 0) is 0 Å². The van der Waals surface area contributed by atoms with E-state index in [2.05, 4.69) is 161 Å². The van der Waals surface area contributed by atoms with E-state index in [0.717, 1.165) is 6.16 Å². The number of fused-ring (bicyclic) bond motifs is 2. The quantitative estimate of drug-likeness (QED) is 0.154. The van der Waals surface area contributed by atoms with Crippen molar-refractivity contribution in [3.05, 3.63) is 151 Å². The minimum atomic E-state index is -3.01. The van der Waals surface area contributed by atoms with Crippen molar-refractivity contribution in [2.45, 2.75) is 6.16 Å². The summed E-state index contributed by atoms with van der Waals surface area (Å²) >= 11 is 4.59. The maximum absolute atomic E-state index is 4.59. The van der Waals surface area contributed by atoms with Crippen molar-refractivity contribution in [2.24, 2.45) is 0 Å². The Morgan fingerprint density at radius 3 is 1.29 bits per heavy atom. The average Bonchev–Trinajstić information content (AvgIpc) is 2.93. The summed E-state index contributed by atoms with van der Waals surface area (Å²) in [5, 5.41) is 6.14. The van der Waals surface area contributed by atoms with Crippen LogP contribution in [0.4, 0.5) is 0 Å². The van der Waals surface area contributed by atoms with Crippen molar-refractivity contribution in [3.8, 4) is 0 Å². The van der Waals surface area contributed by atoms with Crippen LogP contribution in [0.25, 0.3) is 21.5 Å². The summed E-state index contributed by atoms with van der Waals surface area (Å²) in [4.78, 5) is 0. The Balaban J connectivity index is 1.62. The van der Waals surface area contributed by atoms with Crippen LogP contribution in [0.1, 0.15) is 5.56 Å². The van der Waals surface area contributed by atoms with E-state index in [0.29, 0.717) is 0 Å². The summed E-state index contributed by atoms with van der Waals surface area (Å²) in [5.41, 5.74) is 1.33. The molecule has 0 aliphatic heterocycles. The van der Waals surface area contributed by atoms with Gasteiger partial charge >= 0.3 is 216 Å². The zero-order valence-electron chi connectivity index (χ0n) is 19.4. The molecule has 0 heterocycles. The van der Waals surface area contributed by atoms with Gasteiger partial charge in [-0.3, -0.25) is 0 Å². The van der Waals surface area contributed by atoms with Crippen LogP contribution in [0.2, 0.25) is 0 Å². The first kappa shape index (κ1) is 22.2. The fourth-order valence-electron chi connectivity index (χ4n) is 5.37. The predicted octanol–water partition coefficient (Wildman–Crippen LogP) is 8.33. The molecule has 0 atom stereocenters. The molecule has 0 fully saturated rings. The van der Waals surface area contributed by atoms with E-state index in [9.17, 15) is 0 Å². The van der Waals surface area contributed by atoms with E-state index in [-0.39, 0.29) is 0 Å². The molecule has 0 amide bonds. The van der Waals surface area contributed by atoms with E-state index in [1.165, 1.54) is 43.0 Å². The van der Waals surface area contributed by atoms with E-state index in [1.807, 2.05) is 0 Å². The molecule has 6 aromatic rings. The first-order chi connectivity index (χ1) is 17.1. The van der Waals surface area contributed by atoms with Gasteiger partial charge in [-0.1, -0.05) is 0 Å². The van der Waals surface area contributed by atoms with Crippen molar-refractivity contribution in [2.75, 3.05) is 0 Å². The number of hydrogen-bond donors (Lipinski definition) is 0. The molecule has 35 heavy (non-hydrogen) atoms. The predicted molar refractivity (Wildman–Crippen MR) is 159 cm³/mol. The molecule has 0 saturated carbocycles. The normalized spacial score (nSPS) is 12.9. The van der Waals surface area contributed by atoms with E-state index in [1.54, 1.807) is 0 Å². The SMILES string of the molecule is BrP(Cc1ccc2cc3ccccc3cc2c1)(c1ccccc1)(c1ccccc1)c1ccccc1. The van der Waals surface area contributed by atoms with Crippen LogP contribution in [0, 0.1) is 0 Å². The van der Waals surface area contributed by atoms with Crippen LogP contribution in [0.5, 0.6) is 0 Å². The first-order valence-electron chi connectivity index (χ1n) is 12.0. The zero-order valence-corrected chi connectivity index (χ0v) is 21.9. The minimum absolute atomic E-state index is 0.895. The molecule has 0 radical (unpaired) electrons. The molecular formula is C33H26BrP. The summed E-state index contributed by atoms with van der Waals surface area (Å²) in [6.45, 7) is 0. The summed E-state index contributed by atoms with van der Waals surface area (Å²) < 4.78 is 0. The zero-order chi connectivity index (χ0) is 23.7. The number of rotatable bonds is 5. The summed E-state index contributed by atoms with van der Waals surface area (Å²) in [6.07, 6.45) is 0.895. The van der Waals surface area contributed by atoms with Gasteiger partial charge in [0, 0.05) is 0 Å². The van der Waals surface area contributed by atoms with Gasteiger partial charge in [-0.25, -0.2) is 0 Å². The van der Waals surface area contributed by atoms with Crippen LogP contribution in [0.15, 0.2) is 146 Å². The van der Waals surface area contributed by atoms with Crippen LogP contribution < -0.4 is 15.9 Å². The summed E-state index contributed by atoms with van der Waals surface area (Å²) in [7, 11) is 0. The van der Waals surface area contributed by atoms with Gasteiger partial charge in [0.05, 0.1) is 0 Å². The molecule has 2 heteroatoms. The number of hydrogen-bond acceptors (Lipinski definition) is 0. The third-order valence-electron chi connectivity index (χ3n) is 7.13. The van der Waals surface area contributed by atoms with Crippen LogP contribution in [-0.4, -0.2) is 0 Å². The third-order valence-corrected chi connectivity index (χ3v) is 16.7. The molecule has 0 aliphatic carbocycles. The Bertz CT molecular complexity index is 1530. The third kappa shape index (κ3) is 3.71. The topological polar surface area (TPSA) is 0 Å². The molecule has 0 aliphatic rings. The molecule has 170 valence electrons. The number of halogens is 1. The molecule has 0 spiro atoms. The standard InChI is InChI=1S/C33H26BrP/c34-35(31-14-4-1-5-15-31,32-16-6-2-7-17-32,33-18-8-3-9-19-33)25-26-20-21-29-23-27-12-10-11-13-28(27)24-30(29)22-26/h1-24H,25H2. The fraction of sp³-hybridized carbons (Fsp3) is 0.0303. The number of benzene rings is 6. The van der Waals surface area contributed by atoms with Gasteiger partial charge in [-0.2, -0.15) is 0 Å². The van der Waals surface area contributed by atoms with Gasteiger partial charge in [0.1, 0.15) is 0 Å². The molecule has 0 bridgehead atoms. The molecule has 6 rings (SSSR count). The molecule has 0 unspecified atom stereocenters. The van der Waals surface area contributed by atoms with Gasteiger partial charge in [0.25, 0.3) is 0 Å². The van der Waals surface area contributed by atoms with Gasteiger partial charge in [0.2, 0.25) is 0 Å². The second kappa shape index (κ2) is 8.76. The molecule has 0 N–H and O–H groups in total. The van der Waals surface area contributed by atoms with Crippen molar-refractivity contribution in [1.82, 2.24) is 0 Å². The molecule has 0 aromatic heterocycles. The Morgan fingerprint density at radius 2 is 0.800 bits per heavy atom. The average molecular weight is 533 g/mol. The van der Waals surface area contributed by atoms with Gasteiger partial charge in [0.15, 0.2) is 0 Å². The van der Waals surface area contributed by atoms with Crippen LogP contribution in [0.3, 0.4) is 0 Å². The molecule has 0 nitrogen and oxygen atoms in total. The maximum atomic E-state index is 4.59. The van der Waals surface area contributed by atoms with Gasteiger partial charge in [-0.15, -0.1) is 0 Å². The Morgan fingerprint density at radius 1 is 0.400 bits per heavy atom. The second-order valence-electron chi connectivity index (χ2n) is 9.23. The van der Waals surface area contributed by atoms with Crippen molar-refractivity contribution in [3.63, 3.8) is 0 Å². The monoisotopic (exact) mass is 532 g/mol. The summed E-state index contributed by atoms with van der Waals surface area (Å²) in [6, 6.07) is 53.3. The van der Waals surface area contributed by atoms with Crippen LogP contribution >= 0.6 is 20.8 Å². The van der Waals surface area contributed by atoms with Crippen molar-refractivity contribution >= 4 is 58.3 Å². The Labute approximate surface area is 214 Å². The van der Waals surface area contributed by atoms with E-state index < -0.39 is 5.31 Å². The van der Waals surface area contributed by atoms with E-state index in [4.69, 9.17) is 0 Å². The summed E-state index contributed by atoms with van der Waals surface area (Å²) in [5.74, 6) is 0. The molecule has 0 saturated heterocycles. The van der Waals surface area contributed by atoms with Crippen molar-refractivity contribution < 1.29 is 0 Å². The van der Waals surface area contributed by atoms with Crippen molar-refractivity contribution in [1.29, 1.82) is 0 Å². The van der Waals surface area contributed by atoms with Crippen LogP contribution in [-0.2, 0) is 6.16 Å². The molecular weight excluding hydrogens is 507 g/mol. The second-order valence-corrected chi connectivity index (χ2v) is 18.2. The Hall–Kier alpha value is -3.25. The van der Waals surface area contributed by atoms with E-state index >= 15 is 0 Å². The Kier molecular flexibility index (Phi) is 5.56. The van der Waals surface area contributed by atoms with Gasteiger partial charge < -0.3 is 0 Å². The first-order valence-corrected chi connectivity index (χ1v) is 16.4. The molecule has 6 aromatic carbocycles. The fourth-order valence-corrected chi connectivity index (χ4v) is 13.1.